The van der Waals surface area contributed by atoms with Crippen molar-refractivity contribution in [3.8, 4) is 0 Å². The first-order valence-electron chi connectivity index (χ1n) is 7.25. The lowest BCUT2D eigenvalue weighted by Gasteiger charge is -2.34. The fourth-order valence-corrected chi connectivity index (χ4v) is 2.09. The van der Waals surface area contributed by atoms with Gasteiger partial charge in [0, 0.05) is 0 Å². The van der Waals surface area contributed by atoms with Crippen LogP contribution < -0.4 is 5.11 Å². The minimum absolute atomic E-state index is 0.0278. The van der Waals surface area contributed by atoms with Gasteiger partial charge in [-0.15, -0.1) is 0 Å². The molecular formula is C16H25NO4. The van der Waals surface area contributed by atoms with E-state index >= 15 is 0 Å². The molecule has 21 heavy (non-hydrogen) atoms. The zero-order valence-corrected chi connectivity index (χ0v) is 13.3. The van der Waals surface area contributed by atoms with Gasteiger partial charge in [0.05, 0.1) is 37.7 Å². The lowest BCUT2D eigenvalue weighted by Crippen LogP contribution is -2.47. The molecule has 0 unspecified atom stereocenters. The van der Waals surface area contributed by atoms with Gasteiger partial charge in [-0.2, -0.15) is 0 Å². The summed E-state index contributed by atoms with van der Waals surface area (Å²) in [5.74, 6) is -2.40. The van der Waals surface area contributed by atoms with E-state index in [0.29, 0.717) is 0 Å². The van der Waals surface area contributed by atoms with Crippen LogP contribution in [0.3, 0.4) is 0 Å². The molecule has 0 amide bonds. The quantitative estimate of drug-likeness (QED) is 0.809. The monoisotopic (exact) mass is 295 g/mol. The maximum absolute atomic E-state index is 10.3. The number of carboxylic acids is 2. The van der Waals surface area contributed by atoms with Crippen molar-refractivity contribution < 1.29 is 24.3 Å². The van der Waals surface area contributed by atoms with Crippen molar-refractivity contribution in [2.24, 2.45) is 0 Å². The maximum Gasteiger partial charge on any atom is 0.335 e. The number of aromatic carboxylic acids is 2. The van der Waals surface area contributed by atoms with Gasteiger partial charge in [0.1, 0.15) is 0 Å². The molecule has 0 heterocycles. The second-order valence-electron chi connectivity index (χ2n) is 4.78. The smallest absolute Gasteiger partial charge is 0.335 e. The normalized spacial score (nSPS) is 10.5. The Morgan fingerprint density at radius 3 is 1.43 bits per heavy atom. The Labute approximate surface area is 126 Å². The second kappa shape index (κ2) is 9.13. The van der Waals surface area contributed by atoms with Gasteiger partial charge in [0.2, 0.25) is 0 Å². The Hall–Kier alpha value is -1.88. The summed E-state index contributed by atoms with van der Waals surface area (Å²) in [5, 5.41) is 18.7. The van der Waals surface area contributed by atoms with Crippen LogP contribution in [0.25, 0.3) is 0 Å². The molecule has 1 aromatic rings. The fraction of sp³-hybridized carbons (Fsp3) is 0.500. The van der Waals surface area contributed by atoms with Crippen LogP contribution >= 0.6 is 0 Å². The molecule has 1 aromatic carbocycles. The van der Waals surface area contributed by atoms with Gasteiger partial charge >= 0.3 is 5.97 Å². The summed E-state index contributed by atoms with van der Waals surface area (Å²) >= 11 is 0. The van der Waals surface area contributed by atoms with Crippen molar-refractivity contribution >= 4 is 11.9 Å². The number of carboxylic acid groups (broad SMARTS) is 2. The number of carbonyl (C=O) groups is 2. The van der Waals surface area contributed by atoms with Crippen LogP contribution in [0.2, 0.25) is 0 Å². The van der Waals surface area contributed by atoms with Gasteiger partial charge < -0.3 is 19.5 Å². The third-order valence-electron chi connectivity index (χ3n) is 4.05. The predicted octanol–water partition coefficient (Wildman–Crippen LogP) is 1.63. The van der Waals surface area contributed by atoms with Crippen molar-refractivity contribution in [3.63, 3.8) is 0 Å². The molecule has 0 aromatic heterocycles. The van der Waals surface area contributed by atoms with Crippen LogP contribution in [-0.4, -0.2) is 47.7 Å². The van der Waals surface area contributed by atoms with Gasteiger partial charge in [0.25, 0.3) is 0 Å². The second-order valence-corrected chi connectivity index (χ2v) is 4.78. The highest BCUT2D eigenvalue weighted by Crippen LogP contribution is 2.03. The van der Waals surface area contributed by atoms with Crippen molar-refractivity contribution in [2.45, 2.75) is 27.7 Å². The highest BCUT2D eigenvalue weighted by molar-refractivity contribution is 5.90. The topological polar surface area (TPSA) is 77.4 Å². The molecule has 0 bridgehead atoms. The zero-order chi connectivity index (χ0) is 16.5. The Bertz CT molecular complexity index is 399. The average molecular weight is 295 g/mol. The average Bonchev–Trinajstić information content (AvgIpc) is 2.51. The number of carbonyl (C=O) groups excluding carboxylic acids is 1. The summed E-state index contributed by atoms with van der Waals surface area (Å²) in [6.45, 7) is 14.2. The van der Waals surface area contributed by atoms with Crippen molar-refractivity contribution in [1.29, 1.82) is 0 Å². The van der Waals surface area contributed by atoms with Gasteiger partial charge in [-0.05, 0) is 45.4 Å². The van der Waals surface area contributed by atoms with E-state index in [4.69, 9.17) is 5.11 Å². The molecule has 0 saturated heterocycles. The first-order chi connectivity index (χ1) is 9.85. The number of rotatable bonds is 6. The molecule has 0 aliphatic rings. The van der Waals surface area contributed by atoms with Gasteiger partial charge in [-0.1, -0.05) is 12.1 Å². The van der Waals surface area contributed by atoms with E-state index in [1.807, 2.05) is 0 Å². The van der Waals surface area contributed by atoms with Gasteiger partial charge in [0.15, 0.2) is 0 Å². The van der Waals surface area contributed by atoms with E-state index in [9.17, 15) is 14.7 Å². The van der Waals surface area contributed by atoms with E-state index in [1.54, 1.807) is 0 Å². The molecule has 0 atom stereocenters. The molecule has 5 heteroatoms. The number of hydrogen-bond acceptors (Lipinski definition) is 3. The number of benzene rings is 1. The van der Waals surface area contributed by atoms with Crippen LogP contribution in [0.1, 0.15) is 48.4 Å². The molecule has 1 rings (SSSR count). The van der Waals surface area contributed by atoms with Crippen LogP contribution in [0, 0.1) is 0 Å². The third kappa shape index (κ3) is 5.95. The molecular weight excluding hydrogens is 270 g/mol. The van der Waals surface area contributed by atoms with E-state index in [0.717, 1.165) is 0 Å². The first-order valence-corrected chi connectivity index (χ1v) is 7.25. The molecule has 1 N–H and O–H groups in total. The zero-order valence-electron chi connectivity index (χ0n) is 13.3. The summed E-state index contributed by atoms with van der Waals surface area (Å²) in [6.07, 6.45) is 0. The van der Waals surface area contributed by atoms with Gasteiger partial charge in [-0.25, -0.2) is 4.79 Å². The lowest BCUT2D eigenvalue weighted by molar-refractivity contribution is -0.921. The van der Waals surface area contributed by atoms with Gasteiger partial charge in [-0.3, -0.25) is 0 Å². The summed E-state index contributed by atoms with van der Waals surface area (Å²) < 4.78 is 1.28. The molecule has 0 fully saturated rings. The number of hydrogen-bond donors (Lipinski definition) is 1. The van der Waals surface area contributed by atoms with E-state index < -0.39 is 11.9 Å². The number of quaternary nitrogens is 1. The summed E-state index contributed by atoms with van der Waals surface area (Å²) in [5.41, 5.74) is 0.0278. The standard InChI is InChI=1S/C8H20N.C8H6O4/c1-5-9(6-2,7-3)8-4;9-7(10)5-1-2-6(4-3-5)8(11)12/h5-8H2,1-4H3;1-4H,(H,9,10)(H,11,12)/q+1;/p-1. The molecule has 0 aliphatic carbocycles. The minimum Gasteiger partial charge on any atom is -0.545 e. The lowest BCUT2D eigenvalue weighted by atomic mass is 10.1. The van der Waals surface area contributed by atoms with Crippen molar-refractivity contribution in [3.05, 3.63) is 35.4 Å². The highest BCUT2D eigenvalue weighted by atomic mass is 16.4. The molecule has 118 valence electrons. The Kier molecular flexibility index (Phi) is 8.31. The van der Waals surface area contributed by atoms with Crippen molar-refractivity contribution in [1.82, 2.24) is 0 Å². The van der Waals surface area contributed by atoms with E-state index in [2.05, 4.69) is 27.7 Å². The molecule has 0 spiro atoms. The van der Waals surface area contributed by atoms with Crippen molar-refractivity contribution in [2.75, 3.05) is 26.2 Å². The Balaban J connectivity index is 0.000000400. The van der Waals surface area contributed by atoms with Crippen LogP contribution in [0.15, 0.2) is 24.3 Å². The fourth-order valence-electron chi connectivity index (χ4n) is 2.09. The van der Waals surface area contributed by atoms with E-state index in [1.165, 1.54) is 54.9 Å². The van der Waals surface area contributed by atoms with E-state index in [-0.39, 0.29) is 11.1 Å². The maximum atomic E-state index is 10.3. The first kappa shape index (κ1) is 19.1. The van der Waals surface area contributed by atoms with Crippen LogP contribution in [0.4, 0.5) is 0 Å². The molecule has 0 saturated carbocycles. The minimum atomic E-state index is -1.31. The predicted molar refractivity (Wildman–Crippen MR) is 80.2 cm³/mol. The SMILES string of the molecule is CC[N+](CC)(CC)CC.O=C([O-])c1ccc(C(=O)O)cc1. The number of nitrogens with zero attached hydrogens (tertiary/aromatic N) is 1. The Morgan fingerprint density at radius 2 is 1.24 bits per heavy atom. The molecule has 0 aliphatic heterocycles. The largest absolute Gasteiger partial charge is 0.545 e. The van der Waals surface area contributed by atoms with Crippen LogP contribution in [-0.2, 0) is 0 Å². The molecule has 0 radical (unpaired) electrons. The summed E-state index contributed by atoms with van der Waals surface area (Å²) in [7, 11) is 0. The summed E-state index contributed by atoms with van der Waals surface area (Å²) in [4.78, 5) is 20.5. The highest BCUT2D eigenvalue weighted by Gasteiger charge is 2.16. The summed E-state index contributed by atoms with van der Waals surface area (Å²) in [6, 6.07) is 4.82. The van der Waals surface area contributed by atoms with Crippen LogP contribution in [0.5, 0.6) is 0 Å². The molecule has 5 nitrogen and oxygen atoms in total. The Morgan fingerprint density at radius 1 is 0.905 bits per heavy atom. The third-order valence-corrected chi connectivity index (χ3v) is 4.05.